The van der Waals surface area contributed by atoms with E-state index in [-0.39, 0.29) is 11.9 Å². The number of amides is 3. The Kier molecular flexibility index (Phi) is 6.05. The van der Waals surface area contributed by atoms with E-state index in [9.17, 15) is 9.59 Å². The van der Waals surface area contributed by atoms with Crippen molar-refractivity contribution in [2.24, 2.45) is 5.73 Å². The fraction of sp³-hybridized carbons (Fsp3) is 0.300. The number of ether oxygens (including phenoxy) is 1. The van der Waals surface area contributed by atoms with Gasteiger partial charge in [-0.15, -0.1) is 0 Å². The van der Waals surface area contributed by atoms with E-state index in [4.69, 9.17) is 10.5 Å². The smallest absolute Gasteiger partial charge is 0.323 e. The summed E-state index contributed by atoms with van der Waals surface area (Å²) in [5.74, 6) is -0.175. The molecule has 2 aromatic carbocycles. The van der Waals surface area contributed by atoms with Crippen LogP contribution in [0.2, 0.25) is 0 Å². The van der Waals surface area contributed by atoms with Crippen LogP contribution in [0, 0.1) is 0 Å². The molecule has 1 aliphatic rings. The Bertz CT molecular complexity index is 789. The highest BCUT2D eigenvalue weighted by Crippen LogP contribution is 2.18. The second-order valence-corrected chi connectivity index (χ2v) is 6.60. The van der Waals surface area contributed by atoms with E-state index in [1.165, 1.54) is 0 Å². The largest absolute Gasteiger partial charge is 0.381 e. The summed E-state index contributed by atoms with van der Waals surface area (Å²) in [6.07, 6.45) is 1.03. The molecule has 0 radical (unpaired) electrons. The Balaban J connectivity index is 1.54. The molecule has 7 nitrogen and oxygen atoms in total. The van der Waals surface area contributed by atoms with Crippen LogP contribution in [0.1, 0.15) is 18.4 Å². The third kappa shape index (κ3) is 5.29. The first-order valence-electron chi connectivity index (χ1n) is 8.92. The summed E-state index contributed by atoms with van der Waals surface area (Å²) < 4.78 is 5.27. The van der Waals surface area contributed by atoms with Crippen molar-refractivity contribution in [1.82, 2.24) is 5.32 Å². The van der Waals surface area contributed by atoms with Gasteiger partial charge in [0.15, 0.2) is 0 Å². The van der Waals surface area contributed by atoms with E-state index in [0.29, 0.717) is 44.0 Å². The molecule has 0 spiro atoms. The van der Waals surface area contributed by atoms with E-state index < -0.39 is 5.54 Å². The molecular weight excluding hydrogens is 344 g/mol. The summed E-state index contributed by atoms with van der Waals surface area (Å²) in [4.78, 5) is 24.5. The van der Waals surface area contributed by atoms with Gasteiger partial charge >= 0.3 is 6.03 Å². The van der Waals surface area contributed by atoms with Crippen molar-refractivity contribution in [3.63, 3.8) is 0 Å². The predicted octanol–water partition coefficient (Wildman–Crippen LogP) is 2.45. The number of anilines is 2. The predicted molar refractivity (Wildman–Crippen MR) is 104 cm³/mol. The van der Waals surface area contributed by atoms with Gasteiger partial charge in [-0.3, -0.25) is 4.79 Å². The molecule has 0 aromatic heterocycles. The van der Waals surface area contributed by atoms with E-state index in [1.54, 1.807) is 6.07 Å². The molecule has 27 heavy (non-hydrogen) atoms. The van der Waals surface area contributed by atoms with E-state index in [2.05, 4.69) is 16.0 Å². The van der Waals surface area contributed by atoms with Crippen molar-refractivity contribution < 1.29 is 14.3 Å². The van der Waals surface area contributed by atoms with Crippen LogP contribution in [0.25, 0.3) is 0 Å². The zero-order chi connectivity index (χ0) is 19.1. The Labute approximate surface area is 158 Å². The monoisotopic (exact) mass is 368 g/mol. The maximum Gasteiger partial charge on any atom is 0.323 e. The lowest BCUT2D eigenvalue weighted by Crippen LogP contribution is -2.56. The van der Waals surface area contributed by atoms with Gasteiger partial charge in [-0.1, -0.05) is 30.3 Å². The average Bonchev–Trinajstić information content (AvgIpc) is 2.67. The summed E-state index contributed by atoms with van der Waals surface area (Å²) >= 11 is 0. The fourth-order valence-electron chi connectivity index (χ4n) is 2.90. The van der Waals surface area contributed by atoms with Crippen LogP contribution in [0.15, 0.2) is 54.6 Å². The van der Waals surface area contributed by atoms with Gasteiger partial charge in [0.1, 0.15) is 0 Å². The number of nitrogens with one attached hydrogen (secondary N) is 3. The van der Waals surface area contributed by atoms with Gasteiger partial charge in [0.2, 0.25) is 5.91 Å². The topological polar surface area (TPSA) is 105 Å². The number of carbonyl (C=O) groups is 2. The van der Waals surface area contributed by atoms with Crippen molar-refractivity contribution in [1.29, 1.82) is 0 Å². The molecule has 2 aromatic rings. The summed E-state index contributed by atoms with van der Waals surface area (Å²) in [5, 5.41) is 8.43. The van der Waals surface area contributed by atoms with Crippen LogP contribution < -0.4 is 21.7 Å². The Hall–Kier alpha value is -2.90. The maximum absolute atomic E-state index is 12.4. The first-order chi connectivity index (χ1) is 13.0. The normalized spacial score (nSPS) is 15.6. The molecule has 142 valence electrons. The molecule has 0 aliphatic carbocycles. The number of urea groups is 1. The minimum atomic E-state index is -0.871. The quantitative estimate of drug-likeness (QED) is 0.650. The number of benzene rings is 2. The summed E-state index contributed by atoms with van der Waals surface area (Å²) in [5.41, 5.74) is 7.53. The Morgan fingerprint density at radius 3 is 2.37 bits per heavy atom. The molecule has 0 saturated carbocycles. The van der Waals surface area contributed by atoms with Crippen molar-refractivity contribution in [2.75, 3.05) is 23.8 Å². The van der Waals surface area contributed by atoms with Crippen LogP contribution in [0.4, 0.5) is 16.2 Å². The van der Waals surface area contributed by atoms with Crippen molar-refractivity contribution in [3.05, 3.63) is 60.2 Å². The minimum absolute atomic E-state index is 0.175. The number of hydrogen-bond donors (Lipinski definition) is 4. The molecular formula is C20H24N4O3. The molecule has 7 heteroatoms. The maximum atomic E-state index is 12.4. The zero-order valence-electron chi connectivity index (χ0n) is 15.0. The number of carbonyl (C=O) groups excluding carboxylic acids is 2. The van der Waals surface area contributed by atoms with Crippen LogP contribution in [-0.4, -0.2) is 30.7 Å². The fourth-order valence-corrected chi connectivity index (χ4v) is 2.90. The Morgan fingerprint density at radius 2 is 1.63 bits per heavy atom. The zero-order valence-corrected chi connectivity index (χ0v) is 15.0. The number of hydrogen-bond acceptors (Lipinski definition) is 4. The van der Waals surface area contributed by atoms with Crippen molar-refractivity contribution >= 4 is 23.3 Å². The van der Waals surface area contributed by atoms with Gasteiger partial charge in [-0.05, 0) is 42.7 Å². The average molecular weight is 368 g/mol. The van der Waals surface area contributed by atoms with Gasteiger partial charge in [-0.2, -0.15) is 0 Å². The SMILES string of the molecule is NC1(C(=O)NCc2cccc(NC(=O)Nc3ccccc3)c2)CCOCC1. The van der Waals surface area contributed by atoms with Crippen molar-refractivity contribution in [2.45, 2.75) is 24.9 Å². The third-order valence-corrected chi connectivity index (χ3v) is 4.51. The Morgan fingerprint density at radius 1 is 0.963 bits per heavy atom. The van der Waals surface area contributed by atoms with Crippen LogP contribution in [0.5, 0.6) is 0 Å². The lowest BCUT2D eigenvalue weighted by molar-refractivity contribution is -0.129. The molecule has 3 amide bonds. The molecule has 5 N–H and O–H groups in total. The summed E-state index contributed by atoms with van der Waals surface area (Å²) in [6, 6.07) is 16.2. The van der Waals surface area contributed by atoms with Crippen molar-refractivity contribution in [3.8, 4) is 0 Å². The second kappa shape index (κ2) is 8.66. The van der Waals surface area contributed by atoms with Gasteiger partial charge < -0.3 is 26.4 Å². The number of para-hydroxylation sites is 1. The summed E-state index contributed by atoms with van der Waals surface area (Å²) in [6.45, 7) is 1.34. The van der Waals surface area contributed by atoms with Gasteiger partial charge in [-0.25, -0.2) is 4.79 Å². The van der Waals surface area contributed by atoms with Gasteiger partial charge in [0.25, 0.3) is 0 Å². The highest BCUT2D eigenvalue weighted by Gasteiger charge is 2.35. The molecule has 0 unspecified atom stereocenters. The molecule has 1 fully saturated rings. The molecule has 3 rings (SSSR count). The van der Waals surface area contributed by atoms with Crippen LogP contribution in [0.3, 0.4) is 0 Å². The first kappa shape index (κ1) is 18.9. The van der Waals surface area contributed by atoms with Crippen LogP contribution >= 0.6 is 0 Å². The third-order valence-electron chi connectivity index (χ3n) is 4.51. The van der Waals surface area contributed by atoms with Gasteiger partial charge in [0.05, 0.1) is 5.54 Å². The lowest BCUT2D eigenvalue weighted by Gasteiger charge is -2.31. The minimum Gasteiger partial charge on any atom is -0.381 e. The summed E-state index contributed by atoms with van der Waals surface area (Å²) in [7, 11) is 0. The molecule has 0 bridgehead atoms. The standard InChI is InChI=1S/C20H24N4O3/c21-20(9-11-27-12-10-20)18(25)22-14-15-5-4-8-17(13-15)24-19(26)23-16-6-2-1-3-7-16/h1-8,13H,9-12,14,21H2,(H,22,25)(H2,23,24,26). The highest BCUT2D eigenvalue weighted by molar-refractivity contribution is 5.99. The highest BCUT2D eigenvalue weighted by atomic mass is 16.5. The van der Waals surface area contributed by atoms with E-state index >= 15 is 0 Å². The number of rotatable bonds is 5. The lowest BCUT2D eigenvalue weighted by atomic mass is 9.90. The number of nitrogens with two attached hydrogens (primary N) is 1. The van der Waals surface area contributed by atoms with Gasteiger partial charge in [0, 0.05) is 31.1 Å². The van der Waals surface area contributed by atoms with E-state index in [1.807, 2.05) is 48.5 Å². The molecule has 1 saturated heterocycles. The molecule has 1 heterocycles. The molecule has 1 aliphatic heterocycles. The molecule has 0 atom stereocenters. The second-order valence-electron chi connectivity index (χ2n) is 6.60. The van der Waals surface area contributed by atoms with Crippen LogP contribution in [-0.2, 0) is 16.1 Å². The first-order valence-corrected chi connectivity index (χ1v) is 8.92. The van der Waals surface area contributed by atoms with E-state index in [0.717, 1.165) is 5.56 Å².